The van der Waals surface area contributed by atoms with Crippen molar-refractivity contribution >= 4 is 30.4 Å². The van der Waals surface area contributed by atoms with Crippen LogP contribution in [0.2, 0.25) is 4.31 Å². The van der Waals surface area contributed by atoms with E-state index in [1.165, 1.54) is 0 Å². The van der Waals surface area contributed by atoms with Crippen LogP contribution >= 0.6 is 0 Å². The van der Waals surface area contributed by atoms with Crippen LogP contribution in [0.4, 0.5) is 4.79 Å². The van der Waals surface area contributed by atoms with Gasteiger partial charge in [-0.3, -0.25) is 0 Å². The van der Waals surface area contributed by atoms with E-state index in [1.54, 1.807) is 20.8 Å². The van der Waals surface area contributed by atoms with Crippen LogP contribution in [0.25, 0.3) is 0 Å². The van der Waals surface area contributed by atoms with Crippen molar-refractivity contribution in [3.63, 3.8) is 0 Å². The number of hydrogen-bond acceptors (Lipinski definition) is 5. The number of esters is 1. The predicted molar refractivity (Wildman–Crippen MR) is 143 cm³/mol. The minimum atomic E-state index is -2.90. The molecule has 4 rings (SSSR count). The zero-order valence-corrected chi connectivity index (χ0v) is 23.1. The molecule has 0 aliphatic carbocycles. The Balaban J connectivity index is 1.67. The molecule has 37 heavy (non-hydrogen) atoms. The molecular weight excluding hydrogens is 533 g/mol. The molecule has 0 aromatic heterocycles. The number of nitrogens with one attached hydrogen (secondary N) is 1. The Bertz CT molecular complexity index is 1230. The van der Waals surface area contributed by atoms with Gasteiger partial charge in [0, 0.05) is 0 Å². The van der Waals surface area contributed by atoms with Gasteiger partial charge in [0.2, 0.25) is 0 Å². The Hall–Kier alpha value is -3.28. The maximum absolute atomic E-state index is 14.1. The van der Waals surface area contributed by atoms with Crippen LogP contribution in [0.5, 0.6) is 0 Å². The van der Waals surface area contributed by atoms with Gasteiger partial charge in [-0.25, -0.2) is 0 Å². The van der Waals surface area contributed by atoms with E-state index in [0.29, 0.717) is 17.3 Å². The first-order chi connectivity index (χ1) is 17.7. The molecule has 194 valence electrons. The molecule has 7 heteroatoms. The van der Waals surface area contributed by atoms with Gasteiger partial charge in [-0.05, 0) is 0 Å². The first kappa shape index (κ1) is 26.8. The van der Waals surface area contributed by atoms with E-state index in [1.807, 2.05) is 91.0 Å². The molecule has 3 aromatic rings. The van der Waals surface area contributed by atoms with E-state index >= 15 is 0 Å². The van der Waals surface area contributed by atoms with Gasteiger partial charge in [0.1, 0.15) is 0 Å². The average molecular weight is 567 g/mol. The predicted octanol–water partition coefficient (Wildman–Crippen LogP) is 4.75. The van der Waals surface area contributed by atoms with E-state index in [0.717, 1.165) is 11.1 Å². The molecule has 3 aromatic carbocycles. The topological polar surface area (TPSA) is 81.7 Å². The molecule has 1 amide bonds. The van der Waals surface area contributed by atoms with Crippen LogP contribution in [0.15, 0.2) is 91.0 Å². The van der Waals surface area contributed by atoms with E-state index in [-0.39, 0.29) is 6.42 Å². The Kier molecular flexibility index (Phi) is 8.25. The van der Waals surface area contributed by atoms with Crippen LogP contribution in [0.1, 0.15) is 38.3 Å². The van der Waals surface area contributed by atoms with Crippen molar-refractivity contribution in [1.82, 2.24) is 5.32 Å². The van der Waals surface area contributed by atoms with Crippen LogP contribution in [-0.4, -0.2) is 43.6 Å². The van der Waals surface area contributed by atoms with Gasteiger partial charge >= 0.3 is 223 Å². The summed E-state index contributed by atoms with van der Waals surface area (Å²) in [7, 11) is 0. The van der Waals surface area contributed by atoms with Crippen molar-refractivity contribution in [2.45, 2.75) is 62.1 Å². The Morgan fingerprint density at radius 3 is 2.08 bits per heavy atom. The Morgan fingerprint density at radius 1 is 0.973 bits per heavy atom. The molecule has 2 unspecified atom stereocenters. The molecule has 1 saturated heterocycles. The number of hydrogen-bond donors (Lipinski definition) is 1. The van der Waals surface area contributed by atoms with Crippen molar-refractivity contribution in [2.24, 2.45) is 0 Å². The molecule has 0 bridgehead atoms. The standard InChI is InChI=1S/C30H33NO5Se/c1-29(2,3)36-28(33)31-25(19-22-13-7-4-8-14-22)26-21-30(27(32)35-26,20-23-15-9-5-10-16-23)37(34)24-17-11-6-12-18-24/h4-18,25-26H,19-21H2,1-3H3,(H,31,33)/t25-,26-,30?,37?/m0/s1. The first-order valence-corrected chi connectivity index (χ1v) is 14.8. The maximum atomic E-state index is 14.1. The van der Waals surface area contributed by atoms with Crippen molar-refractivity contribution in [1.29, 1.82) is 0 Å². The zero-order valence-electron chi connectivity index (χ0n) is 21.4. The summed E-state index contributed by atoms with van der Waals surface area (Å²) in [6.45, 7) is 5.39. The Morgan fingerprint density at radius 2 is 1.51 bits per heavy atom. The molecule has 1 aliphatic rings. The monoisotopic (exact) mass is 567 g/mol. The summed E-state index contributed by atoms with van der Waals surface area (Å²) in [6, 6.07) is 27.9. The van der Waals surface area contributed by atoms with Crippen molar-refractivity contribution in [2.75, 3.05) is 0 Å². The van der Waals surface area contributed by atoms with Crippen LogP contribution in [0, 0.1) is 0 Å². The van der Waals surface area contributed by atoms with Gasteiger partial charge in [0.25, 0.3) is 0 Å². The third kappa shape index (κ3) is 6.73. The average Bonchev–Trinajstić information content (AvgIpc) is 3.20. The molecule has 0 saturated carbocycles. The Labute approximate surface area is 222 Å². The molecule has 4 atom stereocenters. The fourth-order valence-electron chi connectivity index (χ4n) is 4.58. The number of amides is 1. The molecule has 6 nitrogen and oxygen atoms in total. The van der Waals surface area contributed by atoms with Gasteiger partial charge < -0.3 is 0 Å². The number of benzene rings is 3. The number of carbonyl (C=O) groups is 2. The molecule has 1 N–H and O–H groups in total. The fourth-order valence-corrected chi connectivity index (χ4v) is 8.08. The van der Waals surface area contributed by atoms with Crippen molar-refractivity contribution in [3.05, 3.63) is 102 Å². The van der Waals surface area contributed by atoms with E-state index in [4.69, 9.17) is 9.47 Å². The van der Waals surface area contributed by atoms with E-state index < -0.39 is 48.0 Å². The normalized spacial score (nSPS) is 21.1. The quantitative estimate of drug-likeness (QED) is 0.315. The van der Waals surface area contributed by atoms with E-state index in [2.05, 4.69) is 5.32 Å². The number of rotatable bonds is 8. The van der Waals surface area contributed by atoms with Crippen LogP contribution in [-0.2, 0) is 30.9 Å². The van der Waals surface area contributed by atoms with Crippen molar-refractivity contribution < 1.29 is 22.9 Å². The molecule has 0 spiro atoms. The van der Waals surface area contributed by atoms with E-state index in [9.17, 15) is 13.4 Å². The summed E-state index contributed by atoms with van der Waals surface area (Å²) >= 11 is -2.90. The fraction of sp³-hybridized carbons (Fsp3) is 0.333. The third-order valence-corrected chi connectivity index (χ3v) is 10.2. The van der Waals surface area contributed by atoms with Crippen LogP contribution < -0.4 is 9.78 Å². The minimum absolute atomic E-state index is 0.233. The summed E-state index contributed by atoms with van der Waals surface area (Å²) in [4.78, 5) is 26.4. The summed E-state index contributed by atoms with van der Waals surface area (Å²) in [6.07, 6.45) is -0.266. The van der Waals surface area contributed by atoms with Gasteiger partial charge in [0.05, 0.1) is 0 Å². The number of alkyl carbamates (subject to hydrolysis) is 1. The van der Waals surface area contributed by atoms with Gasteiger partial charge in [-0.1, -0.05) is 0 Å². The third-order valence-electron chi connectivity index (χ3n) is 6.26. The van der Waals surface area contributed by atoms with Crippen molar-refractivity contribution in [3.8, 4) is 0 Å². The van der Waals surface area contributed by atoms with Gasteiger partial charge in [0.15, 0.2) is 0 Å². The number of ether oxygens (including phenoxy) is 2. The molecule has 1 fully saturated rings. The first-order valence-electron chi connectivity index (χ1n) is 12.4. The summed E-state index contributed by atoms with van der Waals surface area (Å²) in [5, 5.41) is 2.94. The summed E-state index contributed by atoms with van der Waals surface area (Å²) in [5.74, 6) is -0.478. The SMILES string of the molecule is CC(C)(C)OC(=O)N[C@@H](Cc1ccccc1)[C@@H]1CC(Cc2ccccc2)([Se](=O)c2ccccc2)C(=O)O1. The second-order valence-corrected chi connectivity index (χ2v) is 14.1. The molecule has 1 aliphatic heterocycles. The summed E-state index contributed by atoms with van der Waals surface area (Å²) in [5.41, 5.74) is 1.23. The number of cyclic esters (lactones) is 1. The summed E-state index contributed by atoms with van der Waals surface area (Å²) < 4.78 is 25.1. The second-order valence-electron chi connectivity index (χ2n) is 10.3. The molecule has 0 radical (unpaired) electrons. The molecule has 1 heterocycles. The van der Waals surface area contributed by atoms with Gasteiger partial charge in [-0.15, -0.1) is 0 Å². The van der Waals surface area contributed by atoms with Gasteiger partial charge in [-0.2, -0.15) is 0 Å². The number of carbonyl (C=O) groups excluding carboxylic acids is 2. The van der Waals surface area contributed by atoms with Crippen LogP contribution in [0.3, 0.4) is 0 Å². The zero-order chi connectivity index (χ0) is 26.5. The molecular formula is C30H33NO5Se. The second kappa shape index (κ2) is 11.4.